The van der Waals surface area contributed by atoms with E-state index in [4.69, 9.17) is 0 Å². The van der Waals surface area contributed by atoms with Crippen molar-refractivity contribution in [3.8, 4) is 16.5 Å². The van der Waals surface area contributed by atoms with Gasteiger partial charge in [0.05, 0.1) is 4.88 Å². The molecule has 8 heteroatoms. The van der Waals surface area contributed by atoms with Gasteiger partial charge in [-0.1, -0.05) is 6.07 Å². The first kappa shape index (κ1) is 12.8. The van der Waals surface area contributed by atoms with Crippen molar-refractivity contribution < 1.29 is 13.2 Å². The Morgan fingerprint density at radius 2 is 2.00 bits per heavy atom. The summed E-state index contributed by atoms with van der Waals surface area (Å²) in [6, 6.07) is 6.28. The lowest BCUT2D eigenvalue weighted by atomic mass is 10.3. The van der Waals surface area contributed by atoms with Crippen molar-refractivity contribution in [1.82, 2.24) is 19.7 Å². The Morgan fingerprint density at radius 3 is 2.70 bits per heavy atom. The summed E-state index contributed by atoms with van der Waals surface area (Å²) in [5.41, 5.74) is -0.323. The Morgan fingerprint density at radius 1 is 1.15 bits per heavy atom. The molecule has 0 aliphatic heterocycles. The Kier molecular flexibility index (Phi) is 3.01. The summed E-state index contributed by atoms with van der Waals surface area (Å²) in [4.78, 5) is 8.21. The smallest absolute Gasteiger partial charge is 0.220 e. The van der Waals surface area contributed by atoms with Crippen LogP contribution in [0.25, 0.3) is 16.5 Å². The third kappa shape index (κ3) is 2.42. The molecule has 0 saturated heterocycles. The minimum absolute atomic E-state index is 0.109. The molecule has 3 rings (SSSR count). The lowest BCUT2D eigenvalue weighted by Crippen LogP contribution is -2.11. The van der Waals surface area contributed by atoms with Crippen LogP contribution in [0.1, 0.15) is 5.69 Å². The van der Waals surface area contributed by atoms with E-state index in [0.717, 1.165) is 17.1 Å². The first-order valence-electron chi connectivity index (χ1n) is 5.54. The first-order chi connectivity index (χ1) is 9.54. The van der Waals surface area contributed by atoms with E-state index in [1.165, 1.54) is 22.2 Å². The van der Waals surface area contributed by atoms with Crippen LogP contribution in [0.5, 0.6) is 0 Å². The van der Waals surface area contributed by atoms with E-state index in [2.05, 4.69) is 15.1 Å². The van der Waals surface area contributed by atoms with Gasteiger partial charge in [-0.25, -0.2) is 14.6 Å². The molecule has 102 valence electrons. The quantitative estimate of drug-likeness (QED) is 0.728. The van der Waals surface area contributed by atoms with E-state index in [9.17, 15) is 13.2 Å². The van der Waals surface area contributed by atoms with Crippen LogP contribution in [0.3, 0.4) is 0 Å². The normalized spacial score (nSPS) is 11.8. The lowest BCUT2D eigenvalue weighted by molar-refractivity contribution is -0.141. The molecule has 0 aliphatic carbocycles. The molecule has 0 amide bonds. The second kappa shape index (κ2) is 4.71. The maximum Gasteiger partial charge on any atom is 0.433 e. The van der Waals surface area contributed by atoms with Gasteiger partial charge in [0.1, 0.15) is 11.4 Å². The summed E-state index contributed by atoms with van der Waals surface area (Å²) in [6.07, 6.45) is -1.90. The van der Waals surface area contributed by atoms with E-state index in [1.807, 2.05) is 17.5 Å². The molecule has 0 aromatic carbocycles. The molecular formula is C12H7F3N4S. The van der Waals surface area contributed by atoms with Gasteiger partial charge in [-0.2, -0.15) is 18.3 Å². The molecule has 0 N–H and O–H groups in total. The van der Waals surface area contributed by atoms with Gasteiger partial charge in [-0.05, 0) is 23.6 Å². The van der Waals surface area contributed by atoms with Gasteiger partial charge >= 0.3 is 6.18 Å². The molecule has 3 heterocycles. The summed E-state index contributed by atoms with van der Waals surface area (Å²) < 4.78 is 39.0. The van der Waals surface area contributed by atoms with Crippen LogP contribution in [-0.2, 0) is 6.18 Å². The van der Waals surface area contributed by atoms with E-state index in [1.54, 1.807) is 6.07 Å². The number of hydrogen-bond acceptors (Lipinski definition) is 4. The highest BCUT2D eigenvalue weighted by Crippen LogP contribution is 2.27. The van der Waals surface area contributed by atoms with E-state index in [-0.39, 0.29) is 5.95 Å². The van der Waals surface area contributed by atoms with E-state index >= 15 is 0 Å². The second-order valence-electron chi connectivity index (χ2n) is 3.86. The lowest BCUT2D eigenvalue weighted by Gasteiger charge is -2.06. The van der Waals surface area contributed by atoms with Crippen molar-refractivity contribution in [3.05, 3.63) is 47.7 Å². The monoisotopic (exact) mass is 296 g/mol. The summed E-state index contributed by atoms with van der Waals surface area (Å²) in [7, 11) is 0. The molecule has 0 aliphatic rings. The molecule has 4 nitrogen and oxygen atoms in total. The Balaban J connectivity index is 1.98. The number of halogens is 3. The predicted molar refractivity (Wildman–Crippen MR) is 67.5 cm³/mol. The zero-order chi connectivity index (χ0) is 14.2. The Labute approximate surface area is 115 Å². The van der Waals surface area contributed by atoms with Crippen LogP contribution in [0.15, 0.2) is 42.0 Å². The van der Waals surface area contributed by atoms with Crippen molar-refractivity contribution in [1.29, 1.82) is 0 Å². The second-order valence-corrected chi connectivity index (χ2v) is 4.81. The third-order valence-corrected chi connectivity index (χ3v) is 3.39. The van der Waals surface area contributed by atoms with Crippen molar-refractivity contribution in [2.45, 2.75) is 6.18 Å². The fraction of sp³-hybridized carbons (Fsp3) is 0.0833. The van der Waals surface area contributed by atoms with Gasteiger partial charge in [-0.15, -0.1) is 11.3 Å². The number of aromatic nitrogens is 4. The number of alkyl halides is 3. The zero-order valence-corrected chi connectivity index (χ0v) is 10.7. The molecular weight excluding hydrogens is 289 g/mol. The molecule has 3 aromatic heterocycles. The van der Waals surface area contributed by atoms with Gasteiger partial charge in [0, 0.05) is 12.4 Å². The maximum absolute atomic E-state index is 12.6. The highest BCUT2D eigenvalue weighted by Gasteiger charge is 2.33. The molecule has 0 spiro atoms. The highest BCUT2D eigenvalue weighted by molar-refractivity contribution is 7.13. The Bertz CT molecular complexity index is 718. The van der Waals surface area contributed by atoms with Gasteiger partial charge in [-0.3, -0.25) is 0 Å². The summed E-state index contributed by atoms with van der Waals surface area (Å²) in [5.74, 6) is -0.109. The van der Waals surface area contributed by atoms with Crippen molar-refractivity contribution in [2.24, 2.45) is 0 Å². The van der Waals surface area contributed by atoms with Gasteiger partial charge in [0.25, 0.3) is 5.95 Å². The number of hydrogen-bond donors (Lipinski definition) is 0. The molecule has 0 saturated carbocycles. The first-order valence-corrected chi connectivity index (χ1v) is 6.42. The average Bonchev–Trinajstić information content (AvgIpc) is 3.09. The maximum atomic E-state index is 12.6. The molecule has 20 heavy (non-hydrogen) atoms. The van der Waals surface area contributed by atoms with Crippen molar-refractivity contribution in [2.75, 3.05) is 0 Å². The molecule has 0 unspecified atom stereocenters. The van der Waals surface area contributed by atoms with E-state index < -0.39 is 11.9 Å². The molecule has 0 radical (unpaired) electrons. The fourth-order valence-electron chi connectivity index (χ4n) is 1.61. The van der Waals surface area contributed by atoms with Crippen LogP contribution in [0.2, 0.25) is 0 Å². The summed E-state index contributed by atoms with van der Waals surface area (Å²) in [6.45, 7) is 0. The SMILES string of the molecule is FC(F)(F)c1ccnc(-n2ccc(-c3cccs3)n2)n1. The standard InChI is InChI=1S/C12H7F3N4S/c13-12(14,15)10-3-5-16-11(17-10)19-6-4-8(18-19)9-2-1-7-20-9/h1-7H. The minimum Gasteiger partial charge on any atom is -0.220 e. The van der Waals surface area contributed by atoms with Crippen LogP contribution in [-0.4, -0.2) is 19.7 Å². The van der Waals surface area contributed by atoms with E-state index in [0.29, 0.717) is 5.69 Å². The van der Waals surface area contributed by atoms with Crippen LogP contribution in [0.4, 0.5) is 13.2 Å². The van der Waals surface area contributed by atoms with Gasteiger partial charge in [0.2, 0.25) is 0 Å². The number of nitrogens with zero attached hydrogens (tertiary/aromatic N) is 4. The topological polar surface area (TPSA) is 43.6 Å². The van der Waals surface area contributed by atoms with Crippen LogP contribution in [0, 0.1) is 0 Å². The molecule has 3 aromatic rings. The van der Waals surface area contributed by atoms with Crippen LogP contribution >= 0.6 is 11.3 Å². The minimum atomic E-state index is -4.50. The van der Waals surface area contributed by atoms with Crippen molar-refractivity contribution in [3.63, 3.8) is 0 Å². The van der Waals surface area contributed by atoms with Crippen LogP contribution < -0.4 is 0 Å². The Hall–Kier alpha value is -2.22. The average molecular weight is 296 g/mol. The summed E-state index contributed by atoms with van der Waals surface area (Å²) in [5, 5.41) is 6.08. The van der Waals surface area contributed by atoms with Gasteiger partial charge < -0.3 is 0 Å². The number of rotatable bonds is 2. The summed E-state index contributed by atoms with van der Waals surface area (Å²) >= 11 is 1.50. The predicted octanol–water partition coefficient (Wildman–Crippen LogP) is 3.41. The molecule has 0 atom stereocenters. The fourth-order valence-corrected chi connectivity index (χ4v) is 2.30. The molecule has 0 fully saturated rings. The van der Waals surface area contributed by atoms with Gasteiger partial charge in [0.15, 0.2) is 0 Å². The third-order valence-electron chi connectivity index (χ3n) is 2.50. The zero-order valence-electron chi connectivity index (χ0n) is 9.87. The molecule has 0 bridgehead atoms. The highest BCUT2D eigenvalue weighted by atomic mass is 32.1. The largest absolute Gasteiger partial charge is 0.433 e. The number of thiophene rings is 1. The van der Waals surface area contributed by atoms with Crippen molar-refractivity contribution >= 4 is 11.3 Å².